The summed E-state index contributed by atoms with van der Waals surface area (Å²) >= 11 is 0. The van der Waals surface area contributed by atoms with Crippen molar-refractivity contribution in [1.82, 2.24) is 29.6 Å². The van der Waals surface area contributed by atoms with Gasteiger partial charge in [-0.15, -0.1) is 0 Å². The molecule has 8 heteroatoms. The lowest BCUT2D eigenvalue weighted by Crippen LogP contribution is -2.48. The number of rotatable bonds is 5. The normalized spacial score (nSPS) is 15.0. The molecule has 8 nitrogen and oxygen atoms in total. The highest BCUT2D eigenvalue weighted by molar-refractivity contribution is 5.56. The van der Waals surface area contributed by atoms with Gasteiger partial charge in [0.1, 0.15) is 5.82 Å². The Hall–Kier alpha value is -3.13. The number of hydrogen-bond acceptors (Lipinski definition) is 7. The Balaban J connectivity index is 1.36. The molecule has 0 saturated carbocycles. The molecule has 0 N–H and O–H groups in total. The summed E-state index contributed by atoms with van der Waals surface area (Å²) in [6.45, 7) is 6.96. The van der Waals surface area contributed by atoms with Crippen molar-refractivity contribution in [1.29, 1.82) is 0 Å². The summed E-state index contributed by atoms with van der Waals surface area (Å²) in [5.41, 5.74) is 2.51. The summed E-state index contributed by atoms with van der Waals surface area (Å²) in [7, 11) is 0. The number of pyridine rings is 1. The van der Waals surface area contributed by atoms with Crippen LogP contribution in [0.25, 0.3) is 11.3 Å². The number of aryl methyl sites for hydroxylation is 1. The van der Waals surface area contributed by atoms with Crippen molar-refractivity contribution in [2.24, 2.45) is 0 Å². The molecule has 1 aliphatic rings. The molecular formula is C20H23N7O. The quantitative estimate of drug-likeness (QED) is 0.661. The molecule has 4 heterocycles. The molecule has 0 atom stereocenters. The zero-order valence-electron chi connectivity index (χ0n) is 15.9. The van der Waals surface area contributed by atoms with Crippen molar-refractivity contribution < 1.29 is 0 Å². The van der Waals surface area contributed by atoms with Crippen LogP contribution in [0.3, 0.4) is 0 Å². The molecule has 1 aliphatic heterocycles. The predicted octanol–water partition coefficient (Wildman–Crippen LogP) is 1.23. The second-order valence-corrected chi connectivity index (χ2v) is 6.87. The van der Waals surface area contributed by atoms with E-state index < -0.39 is 0 Å². The average Bonchev–Trinajstić information content (AvgIpc) is 2.74. The van der Waals surface area contributed by atoms with E-state index in [4.69, 9.17) is 0 Å². The van der Waals surface area contributed by atoms with E-state index in [1.165, 1.54) is 0 Å². The maximum atomic E-state index is 12.2. The van der Waals surface area contributed by atoms with Crippen molar-refractivity contribution >= 4 is 5.82 Å². The Bertz CT molecular complexity index is 981. The Morgan fingerprint density at radius 1 is 0.964 bits per heavy atom. The standard InChI is InChI=1S/C20H23N7O/c1-16-13-22-15-19(23-16)26-10-7-25(8-11-26)9-12-27-20(28)5-4-18(24-27)17-3-2-6-21-14-17/h2-6,13-15H,7-12H2,1H3. The number of anilines is 1. The third-order valence-corrected chi connectivity index (χ3v) is 4.89. The lowest BCUT2D eigenvalue weighted by Gasteiger charge is -2.35. The molecule has 1 saturated heterocycles. The molecule has 0 radical (unpaired) electrons. The van der Waals surface area contributed by atoms with Crippen molar-refractivity contribution in [2.75, 3.05) is 37.6 Å². The molecule has 0 unspecified atom stereocenters. The lowest BCUT2D eigenvalue weighted by molar-refractivity contribution is 0.242. The first-order valence-electron chi connectivity index (χ1n) is 9.43. The van der Waals surface area contributed by atoms with Crippen molar-refractivity contribution in [2.45, 2.75) is 13.5 Å². The van der Waals surface area contributed by atoms with E-state index >= 15 is 0 Å². The van der Waals surface area contributed by atoms with Crippen LogP contribution in [0.5, 0.6) is 0 Å². The zero-order chi connectivity index (χ0) is 19.3. The zero-order valence-corrected chi connectivity index (χ0v) is 15.9. The molecule has 0 bridgehead atoms. The minimum absolute atomic E-state index is 0.0821. The van der Waals surface area contributed by atoms with Gasteiger partial charge >= 0.3 is 0 Å². The summed E-state index contributed by atoms with van der Waals surface area (Å²) < 4.78 is 1.54. The van der Waals surface area contributed by atoms with Gasteiger partial charge in [0, 0.05) is 62.9 Å². The molecular weight excluding hydrogens is 354 g/mol. The Morgan fingerprint density at radius 2 is 1.82 bits per heavy atom. The van der Waals surface area contributed by atoms with E-state index in [0.29, 0.717) is 6.54 Å². The lowest BCUT2D eigenvalue weighted by atomic mass is 10.2. The second kappa shape index (κ2) is 8.26. The minimum Gasteiger partial charge on any atom is -0.353 e. The topological polar surface area (TPSA) is 80.0 Å². The molecule has 0 spiro atoms. The number of piperazine rings is 1. The van der Waals surface area contributed by atoms with Gasteiger partial charge in [-0.05, 0) is 25.1 Å². The van der Waals surface area contributed by atoms with Gasteiger partial charge in [-0.2, -0.15) is 5.10 Å². The summed E-state index contributed by atoms with van der Waals surface area (Å²) in [6, 6.07) is 7.13. The SMILES string of the molecule is Cc1cncc(N2CCN(CCn3nc(-c4cccnc4)ccc3=O)CC2)n1. The van der Waals surface area contributed by atoms with Gasteiger partial charge in [0.2, 0.25) is 0 Å². The molecule has 0 amide bonds. The fourth-order valence-electron chi connectivity index (χ4n) is 3.32. The van der Waals surface area contributed by atoms with E-state index in [0.717, 1.165) is 55.5 Å². The van der Waals surface area contributed by atoms with Crippen LogP contribution < -0.4 is 10.5 Å². The van der Waals surface area contributed by atoms with E-state index in [2.05, 4.69) is 29.9 Å². The van der Waals surface area contributed by atoms with E-state index in [9.17, 15) is 4.79 Å². The van der Waals surface area contributed by atoms with Crippen LogP contribution >= 0.6 is 0 Å². The van der Waals surface area contributed by atoms with Gasteiger partial charge in [-0.25, -0.2) is 9.67 Å². The minimum atomic E-state index is -0.0821. The van der Waals surface area contributed by atoms with Crippen LogP contribution in [0.2, 0.25) is 0 Å². The number of aromatic nitrogens is 5. The Morgan fingerprint density at radius 3 is 2.57 bits per heavy atom. The Labute approximate surface area is 163 Å². The van der Waals surface area contributed by atoms with Crippen molar-refractivity contribution in [3.05, 3.63) is 65.1 Å². The van der Waals surface area contributed by atoms with Crippen LogP contribution in [-0.2, 0) is 6.54 Å². The molecule has 0 aliphatic carbocycles. The van der Waals surface area contributed by atoms with Crippen LogP contribution in [0, 0.1) is 6.92 Å². The van der Waals surface area contributed by atoms with Crippen LogP contribution in [-0.4, -0.2) is 62.4 Å². The average molecular weight is 377 g/mol. The van der Waals surface area contributed by atoms with Gasteiger partial charge in [-0.1, -0.05) is 0 Å². The number of nitrogens with zero attached hydrogens (tertiary/aromatic N) is 7. The highest BCUT2D eigenvalue weighted by Gasteiger charge is 2.18. The van der Waals surface area contributed by atoms with Crippen molar-refractivity contribution in [3.63, 3.8) is 0 Å². The van der Waals surface area contributed by atoms with Crippen LogP contribution in [0.4, 0.5) is 5.82 Å². The van der Waals surface area contributed by atoms with Gasteiger partial charge in [-0.3, -0.25) is 19.7 Å². The third-order valence-electron chi connectivity index (χ3n) is 4.89. The first-order chi connectivity index (χ1) is 13.7. The smallest absolute Gasteiger partial charge is 0.266 e. The van der Waals surface area contributed by atoms with Gasteiger partial charge in [0.25, 0.3) is 5.56 Å². The molecule has 28 heavy (non-hydrogen) atoms. The van der Waals surface area contributed by atoms with E-state index in [1.54, 1.807) is 35.4 Å². The maximum Gasteiger partial charge on any atom is 0.266 e. The van der Waals surface area contributed by atoms with Gasteiger partial charge < -0.3 is 4.90 Å². The summed E-state index contributed by atoms with van der Waals surface area (Å²) in [4.78, 5) is 29.7. The third kappa shape index (κ3) is 4.23. The first-order valence-corrected chi connectivity index (χ1v) is 9.43. The predicted molar refractivity (Wildman–Crippen MR) is 107 cm³/mol. The fourth-order valence-corrected chi connectivity index (χ4v) is 3.32. The molecule has 3 aromatic heterocycles. The highest BCUT2D eigenvalue weighted by atomic mass is 16.1. The summed E-state index contributed by atoms with van der Waals surface area (Å²) in [5.74, 6) is 0.932. The largest absolute Gasteiger partial charge is 0.353 e. The van der Waals surface area contributed by atoms with Gasteiger partial charge in [0.05, 0.1) is 24.1 Å². The molecule has 1 fully saturated rings. The Kier molecular flexibility index (Phi) is 5.38. The number of hydrogen-bond donors (Lipinski definition) is 0. The fraction of sp³-hybridized carbons (Fsp3) is 0.350. The van der Waals surface area contributed by atoms with E-state index in [-0.39, 0.29) is 5.56 Å². The van der Waals surface area contributed by atoms with E-state index in [1.807, 2.05) is 25.3 Å². The summed E-state index contributed by atoms with van der Waals surface area (Å²) in [6.07, 6.45) is 7.06. The summed E-state index contributed by atoms with van der Waals surface area (Å²) in [5, 5.41) is 4.51. The molecule has 4 rings (SSSR count). The molecule has 3 aromatic rings. The highest BCUT2D eigenvalue weighted by Crippen LogP contribution is 2.14. The molecule has 0 aromatic carbocycles. The van der Waals surface area contributed by atoms with Gasteiger partial charge in [0.15, 0.2) is 0 Å². The van der Waals surface area contributed by atoms with Crippen LogP contribution in [0.15, 0.2) is 53.8 Å². The maximum absolute atomic E-state index is 12.2. The molecule has 144 valence electrons. The first kappa shape index (κ1) is 18.2. The monoisotopic (exact) mass is 377 g/mol. The van der Waals surface area contributed by atoms with Crippen molar-refractivity contribution in [3.8, 4) is 11.3 Å². The van der Waals surface area contributed by atoms with Crippen LogP contribution in [0.1, 0.15) is 5.69 Å². The second-order valence-electron chi connectivity index (χ2n) is 6.87.